The highest BCUT2D eigenvalue weighted by atomic mass is 35.5. The zero-order chi connectivity index (χ0) is 37.3. The number of nitrogens with zero attached hydrogens (tertiary/aromatic N) is 2. The molecule has 10 nitrogen and oxygen atoms in total. The van der Waals surface area contributed by atoms with Gasteiger partial charge in [-0.1, -0.05) is 74.8 Å². The second-order valence-corrected chi connectivity index (χ2v) is 15.4. The zero-order valence-corrected chi connectivity index (χ0v) is 31.5. The lowest BCUT2D eigenvalue weighted by Crippen LogP contribution is -2.44. The lowest BCUT2D eigenvalue weighted by molar-refractivity contribution is -0.147. The normalized spacial score (nSPS) is 16.2. The van der Waals surface area contributed by atoms with E-state index in [1.165, 1.54) is 12.7 Å². The number of ether oxygens (including phenoxy) is 4. The summed E-state index contributed by atoms with van der Waals surface area (Å²) in [6, 6.07) is 20.7. The Morgan fingerprint density at radius 1 is 0.941 bits per heavy atom. The topological polar surface area (TPSA) is 115 Å². The van der Waals surface area contributed by atoms with Crippen molar-refractivity contribution in [3.63, 3.8) is 0 Å². The van der Waals surface area contributed by atoms with Crippen molar-refractivity contribution < 1.29 is 38.4 Å². The first-order chi connectivity index (χ1) is 24.1. The largest absolute Gasteiger partial charge is 0.492 e. The van der Waals surface area contributed by atoms with Crippen LogP contribution in [0.2, 0.25) is 5.02 Å². The number of methoxy groups -OCH3 is 1. The molecule has 1 N–H and O–H groups in total. The number of hydrogen-bond donors (Lipinski definition) is 1. The summed E-state index contributed by atoms with van der Waals surface area (Å²) >= 11 is 6.51. The van der Waals surface area contributed by atoms with Crippen molar-refractivity contribution in [2.24, 2.45) is 5.41 Å². The Morgan fingerprint density at radius 3 is 2.29 bits per heavy atom. The van der Waals surface area contributed by atoms with E-state index in [2.05, 4.69) is 12.1 Å². The van der Waals surface area contributed by atoms with E-state index in [1.54, 1.807) is 46.2 Å². The molecular formula is C40H51ClN2O8. The molecule has 3 aromatic rings. The van der Waals surface area contributed by atoms with Gasteiger partial charge in [0.05, 0.1) is 20.1 Å². The van der Waals surface area contributed by atoms with E-state index >= 15 is 0 Å². The van der Waals surface area contributed by atoms with Crippen LogP contribution in [0.25, 0.3) is 0 Å². The van der Waals surface area contributed by atoms with Gasteiger partial charge >= 0.3 is 12.1 Å². The quantitative estimate of drug-likeness (QED) is 0.165. The second kappa shape index (κ2) is 17.3. The predicted molar refractivity (Wildman–Crippen MR) is 198 cm³/mol. The first-order valence-corrected chi connectivity index (χ1v) is 17.7. The molecule has 0 unspecified atom stereocenters. The fraction of sp³-hybridized carbons (Fsp3) is 0.475. The molecule has 276 valence electrons. The second-order valence-electron chi connectivity index (χ2n) is 14.9. The van der Waals surface area contributed by atoms with Gasteiger partial charge in [0, 0.05) is 41.5 Å². The Balaban J connectivity index is 1.57. The van der Waals surface area contributed by atoms with Gasteiger partial charge < -0.3 is 33.9 Å². The number of carbonyl (C=O) groups excluding carboxylic acids is 2. The maximum Gasteiger partial charge on any atom is 0.410 e. The van der Waals surface area contributed by atoms with Crippen molar-refractivity contribution in [3.05, 3.63) is 88.4 Å². The molecular weight excluding hydrogens is 672 g/mol. The number of fused-ring (bicyclic) bond motifs is 1. The lowest BCUT2D eigenvalue weighted by atomic mass is 9.94. The van der Waals surface area contributed by atoms with Crippen molar-refractivity contribution in [3.8, 4) is 11.5 Å². The Kier molecular flexibility index (Phi) is 13.4. The summed E-state index contributed by atoms with van der Waals surface area (Å²) in [7, 11) is 1.52. The third-order valence-corrected chi connectivity index (χ3v) is 8.35. The number of benzene rings is 3. The number of para-hydroxylation sites is 1. The van der Waals surface area contributed by atoms with Gasteiger partial charge in [0.2, 0.25) is 0 Å². The minimum absolute atomic E-state index is 0.269. The van der Waals surface area contributed by atoms with E-state index in [0.717, 1.165) is 12.8 Å². The third-order valence-electron chi connectivity index (χ3n) is 8.11. The Hall–Kier alpha value is -4.28. The number of amides is 2. The van der Waals surface area contributed by atoms with Gasteiger partial charge in [-0.2, -0.15) is 0 Å². The number of rotatable bonds is 14. The number of anilines is 1. The Labute approximate surface area is 306 Å². The number of carboxylic acids is 1. The van der Waals surface area contributed by atoms with E-state index in [-0.39, 0.29) is 18.1 Å². The summed E-state index contributed by atoms with van der Waals surface area (Å²) in [5.74, 6) is -0.780. The number of halogens is 1. The number of hydrogen-bond acceptors (Lipinski definition) is 7. The minimum Gasteiger partial charge on any atom is -0.492 e. The van der Waals surface area contributed by atoms with Crippen LogP contribution in [0.15, 0.2) is 66.7 Å². The SMILES string of the molecule is COc1c(OCCCN(CCCc2ccccc2)C(=O)OC(C)(C)C)cccc1[C@@H]1O[C@@H](CC(=O)O)C(=O)N(CC(C)(C)C)c2ccc(Cl)cc21. The molecule has 1 aliphatic rings. The van der Waals surface area contributed by atoms with Crippen molar-refractivity contribution in [1.82, 2.24) is 4.90 Å². The van der Waals surface area contributed by atoms with E-state index in [9.17, 15) is 19.5 Å². The fourth-order valence-corrected chi connectivity index (χ4v) is 6.17. The summed E-state index contributed by atoms with van der Waals surface area (Å²) in [5, 5.41) is 10.2. The Bertz CT molecular complexity index is 1650. The van der Waals surface area contributed by atoms with Crippen molar-refractivity contribution >= 4 is 35.3 Å². The summed E-state index contributed by atoms with van der Waals surface area (Å²) in [6.07, 6.45) is -0.915. The van der Waals surface area contributed by atoms with Crippen LogP contribution in [-0.4, -0.2) is 73.0 Å². The van der Waals surface area contributed by atoms with E-state index in [1.807, 2.05) is 59.7 Å². The molecule has 0 radical (unpaired) electrons. The maximum absolute atomic E-state index is 13.9. The first kappa shape index (κ1) is 39.5. The fourth-order valence-electron chi connectivity index (χ4n) is 5.99. The van der Waals surface area contributed by atoms with Crippen LogP contribution in [-0.2, 0) is 25.5 Å². The van der Waals surface area contributed by atoms with Gasteiger partial charge in [0.15, 0.2) is 11.5 Å². The van der Waals surface area contributed by atoms with E-state index < -0.39 is 36.1 Å². The highest BCUT2D eigenvalue weighted by Crippen LogP contribution is 2.45. The van der Waals surface area contributed by atoms with Gasteiger partial charge in [0.1, 0.15) is 17.8 Å². The standard InChI is InChI=1S/C40H51ClN2O8/c1-39(2,3)26-43-31-20-19-28(41)24-30(31)35(50-33(37(43)46)25-34(44)45)29-17-11-18-32(36(29)48-7)49-23-13-22-42(38(47)51-40(4,5)6)21-12-16-27-14-9-8-10-15-27/h8-11,14-15,17-20,24,33,35H,12-13,16,21-23,25-26H2,1-7H3,(H,44,45)/t33-,35-/m0/s1. The van der Waals surface area contributed by atoms with Crippen LogP contribution in [0.3, 0.4) is 0 Å². The molecule has 1 heterocycles. The Morgan fingerprint density at radius 2 is 1.65 bits per heavy atom. The van der Waals surface area contributed by atoms with Crippen LogP contribution in [0.5, 0.6) is 11.5 Å². The first-order valence-electron chi connectivity index (χ1n) is 17.4. The monoisotopic (exact) mass is 722 g/mol. The molecule has 2 atom stereocenters. The predicted octanol–water partition coefficient (Wildman–Crippen LogP) is 8.33. The van der Waals surface area contributed by atoms with E-state index in [0.29, 0.717) is 59.4 Å². The van der Waals surface area contributed by atoms with E-state index in [4.69, 9.17) is 30.5 Å². The van der Waals surface area contributed by atoms with Gasteiger partial charge in [-0.25, -0.2) is 4.79 Å². The molecule has 0 spiro atoms. The molecule has 0 aliphatic carbocycles. The van der Waals surface area contributed by atoms with Gasteiger partial charge in [-0.3, -0.25) is 9.59 Å². The molecule has 0 bridgehead atoms. The molecule has 0 fully saturated rings. The van der Waals surface area contributed by atoms with Crippen LogP contribution in [0.1, 0.15) is 83.6 Å². The van der Waals surface area contributed by atoms with Crippen LogP contribution in [0, 0.1) is 5.41 Å². The number of aliphatic carboxylic acids is 1. The van der Waals surface area contributed by atoms with Crippen LogP contribution >= 0.6 is 11.6 Å². The summed E-state index contributed by atoms with van der Waals surface area (Å²) < 4.78 is 24.3. The zero-order valence-electron chi connectivity index (χ0n) is 30.7. The summed E-state index contributed by atoms with van der Waals surface area (Å²) in [5.41, 5.74) is 2.02. The summed E-state index contributed by atoms with van der Waals surface area (Å²) in [6.45, 7) is 13.1. The molecule has 0 saturated carbocycles. The number of carboxylic acid groups (broad SMARTS) is 1. The minimum atomic E-state index is -1.27. The molecule has 0 saturated heterocycles. The highest BCUT2D eigenvalue weighted by molar-refractivity contribution is 6.30. The molecule has 51 heavy (non-hydrogen) atoms. The van der Waals surface area contributed by atoms with Crippen molar-refractivity contribution in [2.75, 3.05) is 38.3 Å². The molecule has 3 aromatic carbocycles. The van der Waals surface area contributed by atoms with Gasteiger partial charge in [0.25, 0.3) is 5.91 Å². The molecule has 1 aliphatic heterocycles. The lowest BCUT2D eigenvalue weighted by Gasteiger charge is -2.31. The van der Waals surface area contributed by atoms with Crippen LogP contribution < -0.4 is 14.4 Å². The summed E-state index contributed by atoms with van der Waals surface area (Å²) in [4.78, 5) is 42.3. The average Bonchev–Trinajstić information content (AvgIpc) is 3.14. The van der Waals surface area contributed by atoms with Crippen molar-refractivity contribution in [2.45, 2.75) is 85.0 Å². The number of aryl methyl sites for hydroxylation is 1. The third kappa shape index (κ3) is 11.4. The maximum atomic E-state index is 13.9. The van der Waals surface area contributed by atoms with Gasteiger partial charge in [-0.15, -0.1) is 0 Å². The molecule has 0 aromatic heterocycles. The molecule has 2 amide bonds. The molecule has 11 heteroatoms. The van der Waals surface area contributed by atoms with Crippen LogP contribution in [0.4, 0.5) is 10.5 Å². The van der Waals surface area contributed by atoms with Crippen molar-refractivity contribution in [1.29, 1.82) is 0 Å². The molecule has 4 rings (SSSR count). The van der Waals surface area contributed by atoms with Gasteiger partial charge in [-0.05, 0) is 75.3 Å². The number of carbonyl (C=O) groups is 3. The smallest absolute Gasteiger partial charge is 0.410 e. The average molecular weight is 723 g/mol. The highest BCUT2D eigenvalue weighted by Gasteiger charge is 2.40.